The number of carbonyl (C=O) groups excluding carboxylic acids is 2. The van der Waals surface area contributed by atoms with Crippen molar-refractivity contribution in [3.63, 3.8) is 0 Å². The summed E-state index contributed by atoms with van der Waals surface area (Å²) in [7, 11) is 0. The fraction of sp³-hybridized carbons (Fsp3) is 0.900. The van der Waals surface area contributed by atoms with Crippen molar-refractivity contribution >= 4 is 11.8 Å². The van der Waals surface area contributed by atoms with Crippen LogP contribution in [0.2, 0.25) is 0 Å². The van der Waals surface area contributed by atoms with E-state index in [4.69, 9.17) is 0 Å². The number of rotatable bonds is 2. The lowest BCUT2D eigenvalue weighted by Crippen LogP contribution is -2.59. The third-order valence-electron chi connectivity index (χ3n) is 7.78. The van der Waals surface area contributed by atoms with Gasteiger partial charge in [-0.25, -0.2) is 8.78 Å². The van der Waals surface area contributed by atoms with Crippen molar-refractivity contribution in [1.29, 1.82) is 0 Å². The predicted octanol–water partition coefficient (Wildman–Crippen LogP) is 1.87. The first-order valence-corrected chi connectivity index (χ1v) is 10.5. The van der Waals surface area contributed by atoms with E-state index in [2.05, 4.69) is 5.32 Å². The molecule has 2 aliphatic heterocycles. The molecule has 6 aliphatic rings. The number of carbonyl (C=O) groups is 2. The standard InChI is InChI=1S/C20H29F2N3O2/c21-20(22)11-16(23-12-20)17(26)24-1-3-25(4-2-24)18(27)19-8-13-5-14(9-19)7-15(6-13)10-19/h13-16,23H,1-12H2. The van der Waals surface area contributed by atoms with E-state index in [9.17, 15) is 18.4 Å². The highest BCUT2D eigenvalue weighted by Gasteiger charge is 2.55. The molecule has 2 saturated heterocycles. The van der Waals surface area contributed by atoms with Crippen LogP contribution in [0.4, 0.5) is 8.78 Å². The molecular weight excluding hydrogens is 352 g/mol. The van der Waals surface area contributed by atoms with E-state index in [1.165, 1.54) is 19.3 Å². The zero-order valence-corrected chi connectivity index (χ0v) is 15.8. The van der Waals surface area contributed by atoms with Gasteiger partial charge < -0.3 is 9.80 Å². The first-order chi connectivity index (χ1) is 12.8. The van der Waals surface area contributed by atoms with E-state index in [1.54, 1.807) is 4.90 Å². The summed E-state index contributed by atoms with van der Waals surface area (Å²) in [6.07, 6.45) is 6.68. The maximum atomic E-state index is 13.4. The summed E-state index contributed by atoms with van der Waals surface area (Å²) in [5.41, 5.74) is -0.143. The number of amides is 2. The van der Waals surface area contributed by atoms with Gasteiger partial charge in [-0.15, -0.1) is 0 Å². The van der Waals surface area contributed by atoms with Gasteiger partial charge >= 0.3 is 0 Å². The molecule has 1 atom stereocenters. The smallest absolute Gasteiger partial charge is 0.262 e. The highest BCUT2D eigenvalue weighted by atomic mass is 19.3. The van der Waals surface area contributed by atoms with Gasteiger partial charge in [0.1, 0.15) is 0 Å². The van der Waals surface area contributed by atoms with Crippen LogP contribution >= 0.6 is 0 Å². The van der Waals surface area contributed by atoms with Crippen LogP contribution in [0, 0.1) is 23.2 Å². The highest BCUT2D eigenvalue weighted by Crippen LogP contribution is 2.60. The Morgan fingerprint density at radius 1 is 0.815 bits per heavy atom. The van der Waals surface area contributed by atoms with E-state index < -0.39 is 24.9 Å². The fourth-order valence-electron chi connectivity index (χ4n) is 6.95. The van der Waals surface area contributed by atoms with Crippen molar-refractivity contribution in [3.8, 4) is 0 Å². The van der Waals surface area contributed by atoms with Crippen molar-refractivity contribution in [2.24, 2.45) is 23.2 Å². The maximum absolute atomic E-state index is 13.4. The van der Waals surface area contributed by atoms with Crippen molar-refractivity contribution in [1.82, 2.24) is 15.1 Å². The highest BCUT2D eigenvalue weighted by molar-refractivity contribution is 5.85. The molecule has 0 aromatic heterocycles. The summed E-state index contributed by atoms with van der Waals surface area (Å²) in [6.45, 7) is 1.57. The minimum atomic E-state index is -2.80. The van der Waals surface area contributed by atoms with Gasteiger partial charge in [0.05, 0.1) is 18.0 Å². The Labute approximate surface area is 158 Å². The summed E-state index contributed by atoms with van der Waals surface area (Å²) in [6, 6.07) is -0.787. The maximum Gasteiger partial charge on any atom is 0.262 e. The number of piperazine rings is 1. The van der Waals surface area contributed by atoms with E-state index >= 15 is 0 Å². The van der Waals surface area contributed by atoms with E-state index in [0.717, 1.165) is 37.0 Å². The minimum Gasteiger partial charge on any atom is -0.339 e. The first kappa shape index (κ1) is 17.8. The first-order valence-electron chi connectivity index (χ1n) is 10.5. The SMILES string of the molecule is O=C(C1CC(F)(F)CN1)N1CCN(C(=O)C23CC4CC(CC(C4)C2)C3)CC1. The third kappa shape index (κ3) is 3.06. The summed E-state index contributed by atoms with van der Waals surface area (Å²) in [5.74, 6) is -0.529. The molecule has 0 aromatic carbocycles. The number of hydrogen-bond acceptors (Lipinski definition) is 3. The van der Waals surface area contributed by atoms with Crippen molar-refractivity contribution in [3.05, 3.63) is 0 Å². The van der Waals surface area contributed by atoms with Gasteiger partial charge in [-0.1, -0.05) is 0 Å². The Hall–Kier alpha value is -1.24. The molecule has 4 saturated carbocycles. The molecule has 27 heavy (non-hydrogen) atoms. The van der Waals surface area contributed by atoms with Crippen molar-refractivity contribution < 1.29 is 18.4 Å². The number of nitrogens with zero attached hydrogens (tertiary/aromatic N) is 2. The third-order valence-corrected chi connectivity index (χ3v) is 7.78. The lowest BCUT2D eigenvalue weighted by molar-refractivity contribution is -0.160. The molecule has 2 heterocycles. The minimum absolute atomic E-state index is 0.143. The van der Waals surface area contributed by atoms with Crippen molar-refractivity contribution in [2.75, 3.05) is 32.7 Å². The molecule has 0 radical (unpaired) electrons. The van der Waals surface area contributed by atoms with E-state index in [-0.39, 0.29) is 11.3 Å². The van der Waals surface area contributed by atoms with Gasteiger partial charge in [-0.3, -0.25) is 14.9 Å². The molecule has 7 heteroatoms. The molecule has 4 aliphatic carbocycles. The second kappa shape index (κ2) is 6.13. The Bertz CT molecular complexity index is 610. The van der Waals surface area contributed by atoms with Gasteiger partial charge in [0.25, 0.3) is 5.92 Å². The molecule has 6 rings (SSSR count). The van der Waals surface area contributed by atoms with Gasteiger partial charge in [0, 0.05) is 32.6 Å². The number of halogens is 2. The van der Waals surface area contributed by atoms with Crippen molar-refractivity contribution in [2.45, 2.75) is 56.9 Å². The molecule has 0 aromatic rings. The number of alkyl halides is 2. The Balaban J connectivity index is 1.20. The van der Waals surface area contributed by atoms with Gasteiger partial charge in [-0.05, 0) is 56.3 Å². The second-order valence-electron chi connectivity index (χ2n) is 9.81. The molecule has 0 spiro atoms. The Kier molecular flexibility index (Phi) is 4.05. The zero-order valence-electron chi connectivity index (χ0n) is 15.8. The summed E-state index contributed by atoms with van der Waals surface area (Å²) >= 11 is 0. The van der Waals surface area contributed by atoms with E-state index in [0.29, 0.717) is 32.1 Å². The molecule has 5 nitrogen and oxygen atoms in total. The average molecular weight is 381 g/mol. The lowest BCUT2D eigenvalue weighted by atomic mass is 9.49. The molecule has 150 valence electrons. The Morgan fingerprint density at radius 2 is 1.33 bits per heavy atom. The number of nitrogens with one attached hydrogen (secondary N) is 1. The molecule has 4 bridgehead atoms. The van der Waals surface area contributed by atoms with Crippen LogP contribution in [0.5, 0.6) is 0 Å². The lowest BCUT2D eigenvalue weighted by Gasteiger charge is -2.57. The molecular formula is C20H29F2N3O2. The topological polar surface area (TPSA) is 52.7 Å². The normalized spacial score (nSPS) is 42.6. The van der Waals surface area contributed by atoms with Crippen LogP contribution in [-0.4, -0.2) is 66.3 Å². The molecule has 1 N–H and O–H groups in total. The van der Waals surface area contributed by atoms with E-state index in [1.807, 2.05) is 4.90 Å². The largest absolute Gasteiger partial charge is 0.339 e. The quantitative estimate of drug-likeness (QED) is 0.795. The fourth-order valence-corrected chi connectivity index (χ4v) is 6.95. The monoisotopic (exact) mass is 381 g/mol. The molecule has 1 unspecified atom stereocenters. The van der Waals surface area contributed by atoms with Gasteiger partial charge in [0.15, 0.2) is 0 Å². The zero-order chi connectivity index (χ0) is 18.8. The molecule has 6 fully saturated rings. The predicted molar refractivity (Wildman–Crippen MR) is 95.1 cm³/mol. The summed E-state index contributed by atoms with van der Waals surface area (Å²) in [5, 5.41) is 2.65. The Morgan fingerprint density at radius 3 is 1.81 bits per heavy atom. The van der Waals surface area contributed by atoms with Crippen LogP contribution in [0.1, 0.15) is 44.9 Å². The van der Waals surface area contributed by atoms with Crippen LogP contribution in [-0.2, 0) is 9.59 Å². The second-order valence-corrected chi connectivity index (χ2v) is 9.81. The summed E-state index contributed by atoms with van der Waals surface area (Å²) < 4.78 is 26.7. The van der Waals surface area contributed by atoms with Crippen LogP contribution in [0.25, 0.3) is 0 Å². The van der Waals surface area contributed by atoms with Gasteiger partial charge in [-0.2, -0.15) is 0 Å². The molecule has 2 amide bonds. The van der Waals surface area contributed by atoms with Gasteiger partial charge in [0.2, 0.25) is 11.8 Å². The van der Waals surface area contributed by atoms with Crippen LogP contribution < -0.4 is 5.32 Å². The number of hydrogen-bond donors (Lipinski definition) is 1. The van der Waals surface area contributed by atoms with Crippen LogP contribution in [0.15, 0.2) is 0 Å². The summed E-state index contributed by atoms with van der Waals surface area (Å²) in [4.78, 5) is 29.5. The average Bonchev–Trinajstić information content (AvgIpc) is 2.99. The van der Waals surface area contributed by atoms with Crippen LogP contribution in [0.3, 0.4) is 0 Å².